The first-order valence-electron chi connectivity index (χ1n) is 8.66. The lowest BCUT2D eigenvalue weighted by Gasteiger charge is -2.22. The summed E-state index contributed by atoms with van der Waals surface area (Å²) in [5.41, 5.74) is 0.648. The van der Waals surface area contributed by atoms with Crippen molar-refractivity contribution in [2.24, 2.45) is 0 Å². The van der Waals surface area contributed by atoms with Gasteiger partial charge in [0.2, 0.25) is 0 Å². The van der Waals surface area contributed by atoms with Crippen LogP contribution in [0.15, 0.2) is 36.4 Å². The van der Waals surface area contributed by atoms with Crippen molar-refractivity contribution in [2.45, 2.75) is 0 Å². The number of anilines is 1. The third-order valence-electron chi connectivity index (χ3n) is 4.22. The topological polar surface area (TPSA) is 88.8 Å². The molecule has 0 saturated carbocycles. The number of likely N-dealkylation sites (N-methyl/N-ethyl adjacent to an activating group) is 1. The van der Waals surface area contributed by atoms with E-state index in [-0.39, 0.29) is 29.6 Å². The number of amides is 1. The van der Waals surface area contributed by atoms with Crippen LogP contribution in [0.2, 0.25) is 5.02 Å². The Morgan fingerprint density at radius 3 is 2.63 bits per heavy atom. The van der Waals surface area contributed by atoms with Crippen molar-refractivity contribution in [3.63, 3.8) is 0 Å². The average Bonchev–Trinajstić information content (AvgIpc) is 3.14. The predicted octanol–water partition coefficient (Wildman–Crippen LogP) is 4.50. The number of carbonyl (C=O) groups is 1. The molecule has 11 heteroatoms. The van der Waals surface area contributed by atoms with Gasteiger partial charge in [-0.1, -0.05) is 29.0 Å². The first-order valence-corrected chi connectivity index (χ1v) is 9.85. The van der Waals surface area contributed by atoms with Gasteiger partial charge in [-0.3, -0.25) is 19.8 Å². The Hall–Kier alpha value is -2.46. The zero-order valence-corrected chi connectivity index (χ0v) is 18.9. The van der Waals surface area contributed by atoms with Gasteiger partial charge in [-0.2, -0.15) is 0 Å². The van der Waals surface area contributed by atoms with Crippen molar-refractivity contribution in [3.05, 3.63) is 57.1 Å². The molecule has 0 atom stereocenters. The summed E-state index contributed by atoms with van der Waals surface area (Å²) in [6, 6.07) is 9.11. The molecule has 3 rings (SSSR count). The summed E-state index contributed by atoms with van der Waals surface area (Å²) >= 11 is 7.59. The number of hydrogen-bond acceptors (Lipinski definition) is 7. The number of ether oxygens (including phenoxy) is 1. The standard InChI is InChI=1S/C19H19ClN4O4S.ClH/c1-22(2)9-10-23(18(25)12-5-4-6-13(11-12)24(26)27)19-21-16-15(28-3)8-7-14(20)17(16)29-19;/h4-8,11H,9-10H2,1-3H3;1H. The van der Waals surface area contributed by atoms with E-state index in [4.69, 9.17) is 16.3 Å². The second-order valence-electron chi connectivity index (χ2n) is 6.49. The minimum absolute atomic E-state index is 0. The fourth-order valence-electron chi connectivity index (χ4n) is 2.71. The molecule has 0 bridgehead atoms. The number of fused-ring (bicyclic) bond motifs is 1. The number of thiazole rings is 1. The predicted molar refractivity (Wildman–Crippen MR) is 122 cm³/mol. The van der Waals surface area contributed by atoms with E-state index in [1.54, 1.807) is 25.3 Å². The third-order valence-corrected chi connectivity index (χ3v) is 5.76. The van der Waals surface area contributed by atoms with Crippen LogP contribution >= 0.6 is 35.3 Å². The number of nitro groups is 1. The highest BCUT2D eigenvalue weighted by molar-refractivity contribution is 7.23. The van der Waals surface area contributed by atoms with Gasteiger partial charge < -0.3 is 9.64 Å². The van der Waals surface area contributed by atoms with Gasteiger partial charge in [-0.05, 0) is 32.3 Å². The zero-order chi connectivity index (χ0) is 21.1. The van der Waals surface area contributed by atoms with E-state index >= 15 is 0 Å². The first-order chi connectivity index (χ1) is 13.8. The highest BCUT2D eigenvalue weighted by atomic mass is 35.5. The van der Waals surface area contributed by atoms with E-state index in [2.05, 4.69) is 4.98 Å². The molecular formula is C19H20Cl2N4O4S. The molecule has 0 saturated heterocycles. The molecule has 0 aliphatic heterocycles. The fraction of sp³-hybridized carbons (Fsp3) is 0.263. The van der Waals surface area contributed by atoms with Crippen LogP contribution in [0.1, 0.15) is 10.4 Å². The second-order valence-corrected chi connectivity index (χ2v) is 7.88. The molecule has 0 aliphatic rings. The maximum Gasteiger partial charge on any atom is 0.270 e. The Morgan fingerprint density at radius 2 is 2.00 bits per heavy atom. The van der Waals surface area contributed by atoms with Crippen LogP contribution in [0.4, 0.5) is 10.8 Å². The van der Waals surface area contributed by atoms with Gasteiger partial charge >= 0.3 is 0 Å². The number of halogens is 2. The number of nitrogens with zero attached hydrogens (tertiary/aromatic N) is 4. The van der Waals surface area contributed by atoms with Gasteiger partial charge in [-0.15, -0.1) is 12.4 Å². The van der Waals surface area contributed by atoms with Gasteiger partial charge in [0.05, 0.1) is 21.8 Å². The largest absolute Gasteiger partial charge is 0.494 e. The number of benzene rings is 2. The monoisotopic (exact) mass is 470 g/mol. The van der Waals surface area contributed by atoms with Crippen LogP contribution in [0.25, 0.3) is 10.2 Å². The number of non-ortho nitro benzene ring substituents is 1. The average molecular weight is 471 g/mol. The molecule has 30 heavy (non-hydrogen) atoms. The summed E-state index contributed by atoms with van der Waals surface area (Å²) < 4.78 is 6.07. The highest BCUT2D eigenvalue weighted by Gasteiger charge is 2.24. The number of hydrogen-bond donors (Lipinski definition) is 0. The highest BCUT2D eigenvalue weighted by Crippen LogP contribution is 2.39. The molecule has 1 heterocycles. The van der Waals surface area contributed by atoms with Crippen LogP contribution in [-0.2, 0) is 0 Å². The fourth-order valence-corrected chi connectivity index (χ4v) is 3.99. The van der Waals surface area contributed by atoms with Gasteiger partial charge in [-0.25, -0.2) is 4.98 Å². The number of aromatic nitrogens is 1. The van der Waals surface area contributed by atoms with Crippen LogP contribution < -0.4 is 9.64 Å². The molecule has 0 N–H and O–H groups in total. The first kappa shape index (κ1) is 23.8. The van der Waals surface area contributed by atoms with Crippen LogP contribution in [0.5, 0.6) is 5.75 Å². The Kier molecular flexibility index (Phi) is 7.96. The molecule has 8 nitrogen and oxygen atoms in total. The van der Waals surface area contributed by atoms with Crippen molar-refractivity contribution in [2.75, 3.05) is 39.2 Å². The normalized spacial score (nSPS) is 10.7. The lowest BCUT2D eigenvalue weighted by molar-refractivity contribution is -0.384. The maximum atomic E-state index is 13.2. The smallest absolute Gasteiger partial charge is 0.270 e. The summed E-state index contributed by atoms with van der Waals surface area (Å²) in [6.07, 6.45) is 0. The SMILES string of the molecule is COc1ccc(Cl)c2sc(N(CCN(C)C)C(=O)c3cccc([N+](=O)[O-])c3)nc12.Cl. The summed E-state index contributed by atoms with van der Waals surface area (Å²) in [5.74, 6) is 0.187. The lowest BCUT2D eigenvalue weighted by Crippen LogP contribution is -2.36. The van der Waals surface area contributed by atoms with E-state index in [1.807, 2.05) is 19.0 Å². The zero-order valence-electron chi connectivity index (χ0n) is 16.5. The minimum Gasteiger partial charge on any atom is -0.494 e. The molecule has 0 radical (unpaired) electrons. The van der Waals surface area contributed by atoms with E-state index in [0.717, 1.165) is 0 Å². The van der Waals surface area contributed by atoms with Crippen LogP contribution in [0.3, 0.4) is 0 Å². The molecule has 0 aliphatic carbocycles. The van der Waals surface area contributed by atoms with Crippen LogP contribution in [0, 0.1) is 10.1 Å². The van der Waals surface area contributed by atoms with Gasteiger partial charge in [0.1, 0.15) is 11.3 Å². The summed E-state index contributed by atoms with van der Waals surface area (Å²) in [5, 5.41) is 12.1. The number of methoxy groups -OCH3 is 1. The molecule has 160 valence electrons. The summed E-state index contributed by atoms with van der Waals surface area (Å²) in [7, 11) is 5.34. The molecule has 3 aromatic rings. The van der Waals surface area contributed by atoms with Crippen molar-refractivity contribution < 1.29 is 14.5 Å². The third kappa shape index (κ3) is 4.99. The second kappa shape index (κ2) is 10.0. The van der Waals surface area contributed by atoms with E-state index in [1.165, 1.54) is 34.4 Å². The Labute approximate surface area is 188 Å². The molecular weight excluding hydrogens is 451 g/mol. The molecule has 0 spiro atoms. The summed E-state index contributed by atoms with van der Waals surface area (Å²) in [4.78, 5) is 31.8. The lowest BCUT2D eigenvalue weighted by atomic mass is 10.2. The van der Waals surface area contributed by atoms with Crippen molar-refractivity contribution in [3.8, 4) is 5.75 Å². The number of nitro benzene ring substituents is 1. The van der Waals surface area contributed by atoms with E-state index in [0.29, 0.717) is 39.2 Å². The van der Waals surface area contributed by atoms with Crippen molar-refractivity contribution >= 4 is 62.3 Å². The van der Waals surface area contributed by atoms with Crippen molar-refractivity contribution in [1.29, 1.82) is 0 Å². The van der Waals surface area contributed by atoms with Gasteiger partial charge in [0.25, 0.3) is 11.6 Å². The Balaban J connectivity index is 0.00000320. The molecule has 0 fully saturated rings. The minimum atomic E-state index is -0.525. The van der Waals surface area contributed by atoms with Gasteiger partial charge in [0.15, 0.2) is 5.13 Å². The maximum absolute atomic E-state index is 13.2. The van der Waals surface area contributed by atoms with E-state index < -0.39 is 4.92 Å². The quantitative estimate of drug-likeness (QED) is 0.373. The van der Waals surface area contributed by atoms with E-state index in [9.17, 15) is 14.9 Å². The summed E-state index contributed by atoms with van der Waals surface area (Å²) in [6.45, 7) is 0.940. The van der Waals surface area contributed by atoms with Gasteiger partial charge in [0, 0.05) is 30.8 Å². The molecule has 1 aromatic heterocycles. The molecule has 2 aromatic carbocycles. The van der Waals surface area contributed by atoms with Crippen molar-refractivity contribution in [1.82, 2.24) is 9.88 Å². The molecule has 0 unspecified atom stereocenters. The number of rotatable bonds is 7. The van der Waals surface area contributed by atoms with Crippen LogP contribution in [-0.4, -0.2) is 55.0 Å². The number of carbonyl (C=O) groups excluding carboxylic acids is 1. The Morgan fingerprint density at radius 1 is 1.27 bits per heavy atom. The Bertz CT molecular complexity index is 1070. The molecule has 1 amide bonds.